The van der Waals surface area contributed by atoms with Crippen molar-refractivity contribution in [2.45, 2.75) is 6.54 Å². The van der Waals surface area contributed by atoms with Crippen molar-refractivity contribution in [1.29, 1.82) is 0 Å². The van der Waals surface area contributed by atoms with Crippen molar-refractivity contribution < 1.29 is 4.79 Å². The first-order valence-corrected chi connectivity index (χ1v) is 10.5. The van der Waals surface area contributed by atoms with Gasteiger partial charge in [-0.25, -0.2) is 4.98 Å². The van der Waals surface area contributed by atoms with Gasteiger partial charge < -0.3 is 10.3 Å². The molecule has 1 aliphatic rings. The monoisotopic (exact) mass is 445 g/mol. The number of nitrogens with two attached hydrogens (primary N) is 1. The molecule has 4 aromatic rings. The fourth-order valence-electron chi connectivity index (χ4n) is 4.00. The van der Waals surface area contributed by atoms with Crippen molar-refractivity contribution >= 4 is 40.8 Å². The lowest BCUT2D eigenvalue weighted by Gasteiger charge is -2.05. The summed E-state index contributed by atoms with van der Waals surface area (Å²) in [6.45, 7) is 0.0145. The highest BCUT2D eigenvalue weighted by Gasteiger charge is 2.23. The molecular weight excluding hydrogens is 429 g/mol. The number of nitrogens with zero attached hydrogens (tertiary/aromatic N) is 2. The molecule has 0 saturated carbocycles. The molecule has 0 spiro atoms. The zero-order valence-corrected chi connectivity index (χ0v) is 17.9. The van der Waals surface area contributed by atoms with Crippen molar-refractivity contribution in [3.05, 3.63) is 99.9 Å². The maximum Gasteiger partial charge on any atom is 0.237 e. The van der Waals surface area contributed by atoms with Gasteiger partial charge in [0.05, 0.1) is 10.7 Å². The number of primary amides is 1. The van der Waals surface area contributed by atoms with Gasteiger partial charge in [-0.2, -0.15) is 0 Å². The van der Waals surface area contributed by atoms with E-state index in [0.717, 1.165) is 22.3 Å². The van der Waals surface area contributed by atoms with Crippen LogP contribution >= 0.6 is 23.2 Å². The number of hydrogen-bond acceptors (Lipinski definition) is 2. The number of fused-ring (bicyclic) bond motifs is 3. The van der Waals surface area contributed by atoms with Crippen LogP contribution in [0.1, 0.15) is 17.0 Å². The average Bonchev–Trinajstić information content (AvgIpc) is 3.27. The van der Waals surface area contributed by atoms with Gasteiger partial charge in [0.25, 0.3) is 0 Å². The third kappa shape index (κ3) is 3.54. The lowest BCUT2D eigenvalue weighted by Crippen LogP contribution is -2.18. The number of imidazole rings is 1. The van der Waals surface area contributed by atoms with E-state index in [2.05, 4.69) is 24.3 Å². The summed E-state index contributed by atoms with van der Waals surface area (Å²) >= 11 is 12.4. The van der Waals surface area contributed by atoms with E-state index >= 15 is 0 Å². The van der Waals surface area contributed by atoms with Crippen LogP contribution in [0.2, 0.25) is 10.0 Å². The van der Waals surface area contributed by atoms with Crippen LogP contribution in [0.3, 0.4) is 0 Å². The zero-order valence-electron chi connectivity index (χ0n) is 16.3. The molecule has 2 N–H and O–H groups in total. The largest absolute Gasteiger partial charge is 0.368 e. The van der Waals surface area contributed by atoms with Gasteiger partial charge in [-0.1, -0.05) is 71.7 Å². The van der Waals surface area contributed by atoms with Gasteiger partial charge in [0, 0.05) is 16.8 Å². The maximum atomic E-state index is 11.7. The molecule has 1 heterocycles. The van der Waals surface area contributed by atoms with Crippen LogP contribution in [0, 0.1) is 0 Å². The predicted octanol–water partition coefficient (Wildman–Crippen LogP) is 5.91. The second-order valence-electron chi connectivity index (χ2n) is 7.35. The molecule has 0 aliphatic heterocycles. The van der Waals surface area contributed by atoms with E-state index in [-0.39, 0.29) is 6.54 Å². The van der Waals surface area contributed by atoms with E-state index in [1.807, 2.05) is 36.4 Å². The number of halogens is 2. The molecule has 0 fully saturated rings. The first-order chi connectivity index (χ1) is 15.0. The Hall–Kier alpha value is -3.34. The molecular formula is C25H17Cl2N3O. The Morgan fingerprint density at radius 2 is 1.52 bits per heavy atom. The standard InChI is InChI=1S/C25H17Cl2N3O/c26-15-9-10-20(22(27)11-15)23-13-30(14-24(28)31)25(29-23)12-21-18-7-3-1-5-16(18)17-6-2-4-8-19(17)21/h1-13H,14H2,(H2,28,31). The van der Waals surface area contributed by atoms with Gasteiger partial charge in [0.1, 0.15) is 12.4 Å². The topological polar surface area (TPSA) is 60.9 Å². The summed E-state index contributed by atoms with van der Waals surface area (Å²) in [6, 6.07) is 21.8. The van der Waals surface area contributed by atoms with Crippen LogP contribution in [-0.2, 0) is 11.3 Å². The third-order valence-corrected chi connectivity index (χ3v) is 5.89. The number of rotatable bonds is 4. The molecule has 1 amide bonds. The molecule has 1 aromatic heterocycles. The second kappa shape index (κ2) is 7.73. The Morgan fingerprint density at radius 1 is 0.903 bits per heavy atom. The summed E-state index contributed by atoms with van der Waals surface area (Å²) in [5.41, 5.74) is 12.6. The van der Waals surface area contributed by atoms with Crippen LogP contribution in [0.15, 0.2) is 72.9 Å². The molecule has 152 valence electrons. The van der Waals surface area contributed by atoms with Crippen LogP contribution in [0.25, 0.3) is 34.0 Å². The predicted molar refractivity (Wildman–Crippen MR) is 126 cm³/mol. The van der Waals surface area contributed by atoms with Crippen LogP contribution in [0.5, 0.6) is 0 Å². The number of benzene rings is 3. The quantitative estimate of drug-likeness (QED) is 0.373. The number of carbonyl (C=O) groups is 1. The number of carbonyl (C=O) groups excluding carboxylic acids is 1. The summed E-state index contributed by atoms with van der Waals surface area (Å²) < 4.78 is 1.75. The maximum absolute atomic E-state index is 11.7. The molecule has 0 saturated heterocycles. The highest BCUT2D eigenvalue weighted by atomic mass is 35.5. The van der Waals surface area contributed by atoms with Gasteiger partial charge in [0.15, 0.2) is 0 Å². The van der Waals surface area contributed by atoms with E-state index < -0.39 is 5.91 Å². The van der Waals surface area contributed by atoms with Gasteiger partial charge >= 0.3 is 0 Å². The first-order valence-electron chi connectivity index (χ1n) is 9.73. The lowest BCUT2D eigenvalue weighted by molar-refractivity contribution is -0.118. The number of aromatic nitrogens is 2. The molecule has 3 aromatic carbocycles. The second-order valence-corrected chi connectivity index (χ2v) is 8.20. The van der Waals surface area contributed by atoms with Gasteiger partial charge in [-0.15, -0.1) is 0 Å². The van der Waals surface area contributed by atoms with E-state index in [1.165, 1.54) is 11.1 Å². The summed E-state index contributed by atoms with van der Waals surface area (Å²) in [5.74, 6) is 0.180. The Kier molecular flexibility index (Phi) is 4.89. The molecule has 0 atom stereocenters. The Bertz CT molecular complexity index is 1320. The minimum absolute atomic E-state index is 0.0145. The molecule has 0 radical (unpaired) electrons. The minimum Gasteiger partial charge on any atom is -0.368 e. The number of hydrogen-bond donors (Lipinski definition) is 1. The van der Waals surface area contributed by atoms with E-state index in [0.29, 0.717) is 21.6 Å². The molecule has 0 bridgehead atoms. The van der Waals surface area contributed by atoms with Crippen LogP contribution < -0.4 is 5.73 Å². The van der Waals surface area contributed by atoms with E-state index in [9.17, 15) is 4.79 Å². The van der Waals surface area contributed by atoms with Crippen molar-refractivity contribution in [1.82, 2.24) is 9.55 Å². The molecule has 4 nitrogen and oxygen atoms in total. The molecule has 5 rings (SSSR count). The molecule has 6 heteroatoms. The fourth-order valence-corrected chi connectivity index (χ4v) is 4.51. The minimum atomic E-state index is -0.446. The first kappa shape index (κ1) is 19.6. The van der Waals surface area contributed by atoms with Crippen LogP contribution in [-0.4, -0.2) is 15.5 Å². The SMILES string of the molecule is NC(=O)Cn1cc(-c2ccc(Cl)cc2Cl)nc1C=C1c2ccccc2-c2ccccc21. The van der Waals surface area contributed by atoms with Gasteiger partial charge in [-0.05, 0) is 52.1 Å². The highest BCUT2D eigenvalue weighted by Crippen LogP contribution is 2.44. The number of amides is 1. The molecule has 0 unspecified atom stereocenters. The van der Waals surface area contributed by atoms with Crippen molar-refractivity contribution in [2.75, 3.05) is 0 Å². The fraction of sp³-hybridized carbons (Fsp3) is 0.0400. The van der Waals surface area contributed by atoms with E-state index in [4.69, 9.17) is 33.9 Å². The Balaban J connectivity index is 1.69. The summed E-state index contributed by atoms with van der Waals surface area (Å²) in [5, 5.41) is 1.04. The van der Waals surface area contributed by atoms with Crippen molar-refractivity contribution in [2.24, 2.45) is 5.73 Å². The summed E-state index contributed by atoms with van der Waals surface area (Å²) in [7, 11) is 0. The Morgan fingerprint density at radius 3 is 2.10 bits per heavy atom. The molecule has 31 heavy (non-hydrogen) atoms. The smallest absolute Gasteiger partial charge is 0.237 e. The Labute approximate surface area is 189 Å². The zero-order chi connectivity index (χ0) is 21.5. The van der Waals surface area contributed by atoms with E-state index in [1.54, 1.807) is 22.9 Å². The van der Waals surface area contributed by atoms with Crippen molar-refractivity contribution in [3.8, 4) is 22.4 Å². The van der Waals surface area contributed by atoms with Crippen LogP contribution in [0.4, 0.5) is 0 Å². The average molecular weight is 446 g/mol. The normalized spacial score (nSPS) is 11.9. The van der Waals surface area contributed by atoms with Crippen molar-refractivity contribution in [3.63, 3.8) is 0 Å². The molecule has 1 aliphatic carbocycles. The lowest BCUT2D eigenvalue weighted by atomic mass is 10.0. The highest BCUT2D eigenvalue weighted by molar-refractivity contribution is 6.36. The summed E-state index contributed by atoms with van der Waals surface area (Å²) in [4.78, 5) is 16.5. The summed E-state index contributed by atoms with van der Waals surface area (Å²) in [6.07, 6.45) is 3.79. The third-order valence-electron chi connectivity index (χ3n) is 5.34. The van der Waals surface area contributed by atoms with Gasteiger partial charge in [0.2, 0.25) is 5.91 Å². The van der Waals surface area contributed by atoms with Gasteiger partial charge in [-0.3, -0.25) is 4.79 Å².